The van der Waals surface area contributed by atoms with E-state index in [1.807, 2.05) is 80.6 Å². The van der Waals surface area contributed by atoms with Crippen molar-refractivity contribution in [2.75, 3.05) is 11.9 Å². The molecule has 1 heterocycles. The van der Waals surface area contributed by atoms with Gasteiger partial charge in [-0.15, -0.1) is 11.3 Å². The number of hydrogen-bond acceptors (Lipinski definition) is 5. The van der Waals surface area contributed by atoms with Crippen LogP contribution in [0.2, 0.25) is 0 Å². The van der Waals surface area contributed by atoms with Crippen molar-refractivity contribution in [2.45, 2.75) is 13.8 Å². The summed E-state index contributed by atoms with van der Waals surface area (Å²) in [7, 11) is 0. The maximum Gasteiger partial charge on any atom is 0.273 e. The highest BCUT2D eigenvalue weighted by molar-refractivity contribution is 7.07. The molecule has 0 unspecified atom stereocenters. The summed E-state index contributed by atoms with van der Waals surface area (Å²) in [6, 6.07) is 24.0. The topological polar surface area (TPSA) is 84.1 Å². The fraction of sp³-hybridized carbons (Fsp3) is 0.100. The summed E-state index contributed by atoms with van der Waals surface area (Å²) in [5.74, 6) is 0.0128. The Morgan fingerprint density at radius 3 is 2.59 bits per heavy atom. The van der Waals surface area contributed by atoms with E-state index in [1.165, 1.54) is 4.57 Å². The second kappa shape index (κ2) is 11.4. The number of nitrogens with one attached hydrogen (secondary N) is 1. The SMILES string of the molecule is C=CCOc1ccccc1C=c1sc(=C(C#N)C(=O)Nc2cccc(C)c2)n(-c2ccccc2C)c1=O. The molecule has 0 aliphatic rings. The number of nitrogens with zero attached hydrogens (tertiary/aromatic N) is 2. The Kier molecular flexibility index (Phi) is 7.82. The zero-order valence-corrected chi connectivity index (χ0v) is 21.3. The summed E-state index contributed by atoms with van der Waals surface area (Å²) in [5, 5.41) is 12.8. The number of rotatable bonds is 7. The Morgan fingerprint density at radius 2 is 1.86 bits per heavy atom. The standard InChI is InChI=1S/C30H25N3O3S/c1-4-16-36-26-15-8-6-12-22(26)18-27-29(35)33(25-14-7-5-11-21(25)3)30(37-27)24(19-31)28(34)32-23-13-9-10-20(2)17-23/h4-15,17-18H,1,16H2,2-3H3,(H,32,34). The number of aryl methyl sites for hydroxylation is 2. The zero-order chi connectivity index (χ0) is 26.4. The summed E-state index contributed by atoms with van der Waals surface area (Å²) in [5.41, 5.74) is 3.20. The number of amides is 1. The minimum atomic E-state index is -0.585. The lowest BCUT2D eigenvalue weighted by molar-refractivity contribution is -0.111. The van der Waals surface area contributed by atoms with Gasteiger partial charge in [0.05, 0.1) is 10.2 Å². The minimum absolute atomic E-state index is 0.150. The first-order valence-corrected chi connectivity index (χ1v) is 12.4. The van der Waals surface area contributed by atoms with Gasteiger partial charge in [0.15, 0.2) is 5.57 Å². The van der Waals surface area contributed by atoms with Gasteiger partial charge < -0.3 is 10.1 Å². The third kappa shape index (κ3) is 5.61. The predicted octanol–water partition coefficient (Wildman–Crippen LogP) is 4.22. The quantitative estimate of drug-likeness (QED) is 0.380. The van der Waals surface area contributed by atoms with Crippen molar-refractivity contribution in [3.63, 3.8) is 0 Å². The van der Waals surface area contributed by atoms with Gasteiger partial charge in [0.2, 0.25) is 0 Å². The zero-order valence-electron chi connectivity index (χ0n) is 20.5. The molecular formula is C30H25N3O3S. The van der Waals surface area contributed by atoms with Gasteiger partial charge in [0, 0.05) is 11.3 Å². The Hall–Kier alpha value is -4.67. The molecule has 0 aliphatic carbocycles. The van der Waals surface area contributed by atoms with Gasteiger partial charge in [-0.05, 0) is 55.3 Å². The van der Waals surface area contributed by atoms with Crippen LogP contribution in [0.3, 0.4) is 0 Å². The molecule has 0 saturated heterocycles. The molecule has 3 aromatic carbocycles. The summed E-state index contributed by atoms with van der Waals surface area (Å²) in [6.45, 7) is 7.80. The highest BCUT2D eigenvalue weighted by Gasteiger charge is 2.18. The van der Waals surface area contributed by atoms with Crippen molar-refractivity contribution in [1.29, 1.82) is 5.26 Å². The lowest BCUT2D eigenvalue weighted by Gasteiger charge is -2.08. The minimum Gasteiger partial charge on any atom is -0.489 e. The largest absolute Gasteiger partial charge is 0.489 e. The first kappa shape index (κ1) is 25.4. The Morgan fingerprint density at radius 1 is 1.11 bits per heavy atom. The van der Waals surface area contributed by atoms with E-state index in [0.29, 0.717) is 33.8 Å². The normalized spacial score (nSPS) is 12.0. The number of carbonyl (C=O) groups excluding carboxylic acids is 1. The summed E-state index contributed by atoms with van der Waals surface area (Å²) in [4.78, 5) is 27.0. The van der Waals surface area contributed by atoms with Gasteiger partial charge in [-0.1, -0.05) is 61.2 Å². The van der Waals surface area contributed by atoms with Crippen molar-refractivity contribution in [3.8, 4) is 17.5 Å². The molecule has 0 bridgehead atoms. The molecule has 4 aromatic rings. The molecule has 0 atom stereocenters. The van der Waals surface area contributed by atoms with Crippen molar-refractivity contribution < 1.29 is 9.53 Å². The van der Waals surface area contributed by atoms with Crippen LogP contribution in [0.15, 0.2) is 90.2 Å². The number of anilines is 1. The van der Waals surface area contributed by atoms with Crippen molar-refractivity contribution >= 4 is 34.6 Å². The second-order valence-electron chi connectivity index (χ2n) is 8.29. The molecule has 0 spiro atoms. The van der Waals surface area contributed by atoms with E-state index in [0.717, 1.165) is 22.5 Å². The fourth-order valence-electron chi connectivity index (χ4n) is 3.82. The molecule has 0 fully saturated rings. The molecule has 4 rings (SSSR count). The van der Waals surface area contributed by atoms with E-state index < -0.39 is 5.91 Å². The van der Waals surface area contributed by atoms with Gasteiger partial charge >= 0.3 is 0 Å². The first-order valence-electron chi connectivity index (χ1n) is 11.6. The van der Waals surface area contributed by atoms with Gasteiger partial charge in [0.25, 0.3) is 11.5 Å². The number of thiazole rings is 1. The average Bonchev–Trinajstić information content (AvgIpc) is 3.19. The smallest absolute Gasteiger partial charge is 0.273 e. The van der Waals surface area contributed by atoms with Crippen LogP contribution in [0.25, 0.3) is 17.3 Å². The van der Waals surface area contributed by atoms with Crippen LogP contribution in [0.5, 0.6) is 5.75 Å². The first-order chi connectivity index (χ1) is 17.9. The van der Waals surface area contributed by atoms with Crippen LogP contribution in [-0.2, 0) is 4.79 Å². The molecule has 184 valence electrons. The number of aromatic nitrogens is 1. The van der Waals surface area contributed by atoms with Crippen LogP contribution in [0.4, 0.5) is 5.69 Å². The summed E-state index contributed by atoms with van der Waals surface area (Å²) in [6.07, 6.45) is 3.36. The lowest BCUT2D eigenvalue weighted by Crippen LogP contribution is -2.32. The number of hydrogen-bond donors (Lipinski definition) is 1. The Balaban J connectivity index is 1.98. The molecule has 7 heteroatoms. The van der Waals surface area contributed by atoms with Gasteiger partial charge in [-0.25, -0.2) is 0 Å². The number of para-hydroxylation sites is 2. The van der Waals surface area contributed by atoms with Crippen molar-refractivity contribution in [3.05, 3.63) is 122 Å². The summed E-state index contributed by atoms with van der Waals surface area (Å²) < 4.78 is 7.80. The highest BCUT2D eigenvalue weighted by Crippen LogP contribution is 2.19. The monoisotopic (exact) mass is 507 g/mol. The maximum absolute atomic E-state index is 13.7. The van der Waals surface area contributed by atoms with Crippen LogP contribution in [0.1, 0.15) is 16.7 Å². The van der Waals surface area contributed by atoms with E-state index >= 15 is 0 Å². The molecule has 0 saturated carbocycles. The van der Waals surface area contributed by atoms with Crippen LogP contribution in [-0.4, -0.2) is 17.1 Å². The molecule has 1 N–H and O–H groups in total. The van der Waals surface area contributed by atoms with Gasteiger partial charge in [0.1, 0.15) is 23.1 Å². The summed E-state index contributed by atoms with van der Waals surface area (Å²) >= 11 is 1.09. The van der Waals surface area contributed by atoms with E-state index in [1.54, 1.807) is 24.3 Å². The van der Waals surface area contributed by atoms with Crippen molar-refractivity contribution in [1.82, 2.24) is 4.57 Å². The average molecular weight is 508 g/mol. The predicted molar refractivity (Wildman–Crippen MR) is 148 cm³/mol. The van der Waals surface area contributed by atoms with E-state index in [9.17, 15) is 14.9 Å². The second-order valence-corrected chi connectivity index (χ2v) is 9.32. The van der Waals surface area contributed by atoms with Crippen LogP contribution < -0.4 is 24.8 Å². The third-order valence-corrected chi connectivity index (χ3v) is 6.66. The van der Waals surface area contributed by atoms with Crippen LogP contribution in [0, 0.1) is 25.2 Å². The molecule has 1 aromatic heterocycles. The Labute approximate surface area is 218 Å². The molecule has 6 nitrogen and oxygen atoms in total. The molecule has 1 amide bonds. The maximum atomic E-state index is 13.7. The third-order valence-electron chi connectivity index (χ3n) is 5.57. The molecule has 0 aliphatic heterocycles. The number of carbonyl (C=O) groups is 1. The van der Waals surface area contributed by atoms with Crippen molar-refractivity contribution in [2.24, 2.45) is 0 Å². The molecule has 0 radical (unpaired) electrons. The van der Waals surface area contributed by atoms with E-state index in [-0.39, 0.29) is 15.8 Å². The van der Waals surface area contributed by atoms with E-state index in [4.69, 9.17) is 4.74 Å². The number of nitriles is 1. The Bertz CT molecular complexity index is 1710. The highest BCUT2D eigenvalue weighted by atomic mass is 32.1. The lowest BCUT2D eigenvalue weighted by atomic mass is 10.2. The molecule has 37 heavy (non-hydrogen) atoms. The van der Waals surface area contributed by atoms with Gasteiger partial charge in [-0.2, -0.15) is 5.26 Å². The van der Waals surface area contributed by atoms with Gasteiger partial charge in [-0.3, -0.25) is 14.2 Å². The van der Waals surface area contributed by atoms with E-state index in [2.05, 4.69) is 11.9 Å². The number of ether oxygens (including phenoxy) is 1. The van der Waals surface area contributed by atoms with Crippen LogP contribution >= 0.6 is 11.3 Å². The molecular weight excluding hydrogens is 482 g/mol. The fourth-order valence-corrected chi connectivity index (χ4v) is 4.90. The number of benzene rings is 3.